The number of pyridine rings is 1. The van der Waals surface area contributed by atoms with E-state index in [1.54, 1.807) is 4.90 Å². The highest BCUT2D eigenvalue weighted by atomic mass is 19.1. The van der Waals surface area contributed by atoms with Crippen molar-refractivity contribution in [1.29, 1.82) is 0 Å². The van der Waals surface area contributed by atoms with Gasteiger partial charge < -0.3 is 29.7 Å². The lowest BCUT2D eigenvalue weighted by Crippen LogP contribution is -2.44. The first kappa shape index (κ1) is 33.9. The number of halogens is 1. The summed E-state index contributed by atoms with van der Waals surface area (Å²) in [5.41, 5.74) is 5.79. The molecule has 49 heavy (non-hydrogen) atoms. The van der Waals surface area contributed by atoms with Crippen molar-refractivity contribution in [2.75, 3.05) is 76.8 Å². The van der Waals surface area contributed by atoms with Gasteiger partial charge in [-0.1, -0.05) is 24.3 Å². The number of nitrogens with one attached hydrogen (secondary N) is 1. The Labute approximate surface area is 288 Å². The molecule has 3 aromatic carbocycles. The molecule has 2 saturated heterocycles. The molecule has 0 aliphatic carbocycles. The van der Waals surface area contributed by atoms with Crippen molar-refractivity contribution in [1.82, 2.24) is 20.1 Å². The van der Waals surface area contributed by atoms with Gasteiger partial charge in [0.15, 0.2) is 0 Å². The van der Waals surface area contributed by atoms with Crippen molar-refractivity contribution in [3.05, 3.63) is 108 Å². The predicted octanol–water partition coefficient (Wildman–Crippen LogP) is 5.36. The molecule has 0 bridgehead atoms. The molecule has 256 valence electrons. The Morgan fingerprint density at radius 3 is 2.20 bits per heavy atom. The molecule has 0 spiro atoms. The minimum Gasteiger partial charge on any atom is -0.474 e. The number of piperazine rings is 1. The topological polar surface area (TPSA) is 81.2 Å². The standard InChI is InChI=1S/C39H45FN6O3/c1-43(2)32-10-4-28(5-11-32)16-19-41-38(47)35-14-9-31(40)26-36(35)39(48)46-20-17-34(18-21-46)49-37-15-8-30(27-42-37)29-6-12-33(13-7-29)45-24-22-44(3)23-25-45/h4-15,26-27,34H,16-25H2,1-3H3,(H,41,47). The Morgan fingerprint density at radius 2 is 1.55 bits per heavy atom. The number of likely N-dealkylation sites (N-methyl/N-ethyl adjacent to an activating group) is 1. The highest BCUT2D eigenvalue weighted by Gasteiger charge is 2.28. The number of ether oxygens (including phenoxy) is 1. The molecule has 0 saturated carbocycles. The summed E-state index contributed by atoms with van der Waals surface area (Å²) in [6, 6.07) is 24.4. The van der Waals surface area contributed by atoms with Crippen LogP contribution in [-0.2, 0) is 6.42 Å². The van der Waals surface area contributed by atoms with Gasteiger partial charge in [0.1, 0.15) is 11.9 Å². The third-order valence-corrected chi connectivity index (χ3v) is 9.43. The molecule has 9 nitrogen and oxygen atoms in total. The fraction of sp³-hybridized carbons (Fsp3) is 0.359. The minimum atomic E-state index is -0.556. The molecule has 2 aliphatic heterocycles. The number of hydrogen-bond acceptors (Lipinski definition) is 7. The molecular formula is C39H45FN6O3. The zero-order valence-electron chi connectivity index (χ0n) is 28.6. The second kappa shape index (κ2) is 15.5. The van der Waals surface area contributed by atoms with Crippen LogP contribution in [0, 0.1) is 5.82 Å². The minimum absolute atomic E-state index is 0.0704. The van der Waals surface area contributed by atoms with Crippen LogP contribution in [0.25, 0.3) is 11.1 Å². The molecule has 1 N–H and O–H groups in total. The predicted molar refractivity (Wildman–Crippen MR) is 192 cm³/mol. The molecule has 2 fully saturated rings. The maximum atomic E-state index is 14.3. The molecule has 6 rings (SSSR count). The second-order valence-corrected chi connectivity index (χ2v) is 13.1. The average molecular weight is 665 g/mol. The van der Waals surface area contributed by atoms with E-state index in [-0.39, 0.29) is 23.1 Å². The number of anilines is 2. The van der Waals surface area contributed by atoms with Gasteiger partial charge in [0, 0.05) is 102 Å². The molecule has 1 aromatic heterocycles. The van der Waals surface area contributed by atoms with Gasteiger partial charge >= 0.3 is 0 Å². The van der Waals surface area contributed by atoms with Gasteiger partial charge in [-0.3, -0.25) is 9.59 Å². The number of nitrogens with zero attached hydrogens (tertiary/aromatic N) is 5. The van der Waals surface area contributed by atoms with E-state index < -0.39 is 11.7 Å². The summed E-state index contributed by atoms with van der Waals surface area (Å²) in [5.74, 6) is -0.768. The van der Waals surface area contributed by atoms with E-state index in [9.17, 15) is 14.0 Å². The van der Waals surface area contributed by atoms with Crippen LogP contribution in [0.2, 0.25) is 0 Å². The largest absolute Gasteiger partial charge is 0.474 e. The van der Waals surface area contributed by atoms with Crippen LogP contribution in [0.1, 0.15) is 39.1 Å². The van der Waals surface area contributed by atoms with E-state index in [4.69, 9.17) is 4.74 Å². The second-order valence-electron chi connectivity index (χ2n) is 13.1. The number of piperidine rings is 1. The van der Waals surface area contributed by atoms with Crippen LogP contribution < -0.4 is 19.9 Å². The first-order chi connectivity index (χ1) is 23.7. The monoisotopic (exact) mass is 664 g/mol. The lowest BCUT2D eigenvalue weighted by Gasteiger charge is -2.34. The third kappa shape index (κ3) is 8.56. The van der Waals surface area contributed by atoms with E-state index in [1.165, 1.54) is 17.8 Å². The molecule has 2 aliphatic rings. The third-order valence-electron chi connectivity index (χ3n) is 9.43. The highest BCUT2D eigenvalue weighted by molar-refractivity contribution is 6.07. The number of carbonyl (C=O) groups excluding carboxylic acids is 2. The van der Waals surface area contributed by atoms with Gasteiger partial charge in [0.05, 0.1) is 11.1 Å². The quantitative estimate of drug-likeness (QED) is 0.245. The molecule has 3 heterocycles. The van der Waals surface area contributed by atoms with E-state index >= 15 is 0 Å². The van der Waals surface area contributed by atoms with Crippen molar-refractivity contribution in [3.8, 4) is 17.0 Å². The summed E-state index contributed by atoms with van der Waals surface area (Å²) in [6.45, 7) is 5.48. The first-order valence-electron chi connectivity index (χ1n) is 17.0. The number of carbonyl (C=O) groups is 2. The Hall–Kier alpha value is -4.96. The summed E-state index contributed by atoms with van der Waals surface area (Å²) in [5, 5.41) is 2.90. The number of hydrogen-bond donors (Lipinski definition) is 1. The van der Waals surface area contributed by atoms with Crippen LogP contribution >= 0.6 is 0 Å². The first-order valence-corrected chi connectivity index (χ1v) is 17.0. The highest BCUT2D eigenvalue weighted by Crippen LogP contribution is 2.26. The van der Waals surface area contributed by atoms with Gasteiger partial charge in [-0.15, -0.1) is 0 Å². The number of aromatic nitrogens is 1. The lowest BCUT2D eigenvalue weighted by molar-refractivity contribution is 0.0584. The zero-order chi connectivity index (χ0) is 34.3. The van der Waals surface area contributed by atoms with Crippen LogP contribution in [0.15, 0.2) is 85.1 Å². The van der Waals surface area contributed by atoms with E-state index in [0.717, 1.165) is 54.6 Å². The Balaban J connectivity index is 0.995. The van der Waals surface area contributed by atoms with Gasteiger partial charge in [-0.2, -0.15) is 0 Å². The van der Waals surface area contributed by atoms with E-state index in [2.05, 4.69) is 51.4 Å². The number of rotatable bonds is 10. The van der Waals surface area contributed by atoms with Gasteiger partial charge in [-0.05, 0) is 73.1 Å². The van der Waals surface area contributed by atoms with Crippen LogP contribution in [0.3, 0.4) is 0 Å². The average Bonchev–Trinajstić information content (AvgIpc) is 3.12. The molecule has 0 unspecified atom stereocenters. The fourth-order valence-electron chi connectivity index (χ4n) is 6.34. The molecule has 4 aromatic rings. The summed E-state index contributed by atoms with van der Waals surface area (Å²) in [4.78, 5) is 39.7. The van der Waals surface area contributed by atoms with E-state index in [1.807, 2.05) is 61.6 Å². The summed E-state index contributed by atoms with van der Waals surface area (Å²) >= 11 is 0. The maximum Gasteiger partial charge on any atom is 0.254 e. The van der Waals surface area contributed by atoms with Crippen LogP contribution in [-0.4, -0.2) is 99.7 Å². The lowest BCUT2D eigenvalue weighted by atomic mass is 10.0. The van der Waals surface area contributed by atoms with Crippen LogP contribution in [0.4, 0.5) is 15.8 Å². The SMILES string of the molecule is CN1CCN(c2ccc(-c3ccc(OC4CCN(C(=O)c5cc(F)ccc5C(=O)NCCc5ccc(N(C)C)cc5)CC4)nc3)cc2)CC1. The number of amides is 2. The molecule has 0 atom stereocenters. The van der Waals surface area contributed by atoms with Gasteiger partial charge in [0.25, 0.3) is 11.8 Å². The molecule has 2 amide bonds. The molecular weight excluding hydrogens is 619 g/mol. The smallest absolute Gasteiger partial charge is 0.254 e. The number of likely N-dealkylation sites (tertiary alicyclic amines) is 1. The number of benzene rings is 3. The van der Waals surface area contributed by atoms with Gasteiger partial charge in [0.2, 0.25) is 5.88 Å². The summed E-state index contributed by atoms with van der Waals surface area (Å²) < 4.78 is 20.5. The summed E-state index contributed by atoms with van der Waals surface area (Å²) in [6.07, 6.45) is 3.57. The van der Waals surface area contributed by atoms with Crippen molar-refractivity contribution in [2.45, 2.75) is 25.4 Å². The fourth-order valence-corrected chi connectivity index (χ4v) is 6.34. The normalized spacial score (nSPS) is 15.6. The van der Waals surface area contributed by atoms with Crippen LogP contribution in [0.5, 0.6) is 5.88 Å². The van der Waals surface area contributed by atoms with Crippen molar-refractivity contribution >= 4 is 23.2 Å². The van der Waals surface area contributed by atoms with Crippen molar-refractivity contribution in [2.24, 2.45) is 0 Å². The maximum absolute atomic E-state index is 14.3. The van der Waals surface area contributed by atoms with Gasteiger partial charge in [-0.25, -0.2) is 9.37 Å². The Bertz CT molecular complexity index is 1710. The Kier molecular flexibility index (Phi) is 10.7. The van der Waals surface area contributed by atoms with Crippen molar-refractivity contribution in [3.63, 3.8) is 0 Å². The summed E-state index contributed by atoms with van der Waals surface area (Å²) in [7, 11) is 6.13. The zero-order valence-corrected chi connectivity index (χ0v) is 28.6. The Morgan fingerprint density at radius 1 is 0.857 bits per heavy atom. The molecule has 0 radical (unpaired) electrons. The van der Waals surface area contributed by atoms with Crippen molar-refractivity contribution < 1.29 is 18.7 Å². The van der Waals surface area contributed by atoms with E-state index in [0.29, 0.717) is 44.8 Å². The molecule has 10 heteroatoms.